The van der Waals surface area contributed by atoms with Crippen molar-refractivity contribution in [1.29, 1.82) is 0 Å². The van der Waals surface area contributed by atoms with E-state index in [0.29, 0.717) is 10.8 Å². The van der Waals surface area contributed by atoms with Crippen LogP contribution in [0.15, 0.2) is 12.3 Å². The fourth-order valence-corrected chi connectivity index (χ4v) is 3.60. The molecule has 1 heterocycles. The quantitative estimate of drug-likeness (QED) is 0.852. The first-order chi connectivity index (χ1) is 8.54. The lowest BCUT2D eigenvalue weighted by Gasteiger charge is -2.21. The van der Waals surface area contributed by atoms with Crippen molar-refractivity contribution in [2.45, 2.75) is 37.5 Å². The molecule has 1 N–H and O–H groups in total. The minimum atomic E-state index is -0.964. The Morgan fingerprint density at radius 2 is 2.17 bits per heavy atom. The normalized spacial score (nSPS) is 23.2. The lowest BCUT2D eigenvalue weighted by Crippen LogP contribution is -2.19. The molecular weight excluding hydrogens is 250 g/mol. The van der Waals surface area contributed by atoms with Crippen LogP contribution >= 0.6 is 11.8 Å². The van der Waals surface area contributed by atoms with Gasteiger partial charge in [-0.1, -0.05) is 6.42 Å². The summed E-state index contributed by atoms with van der Waals surface area (Å²) in [7, 11) is 0. The third-order valence-electron chi connectivity index (χ3n) is 3.55. The summed E-state index contributed by atoms with van der Waals surface area (Å²) >= 11 is 1.77. The Bertz CT molecular complexity index is 481. The molecule has 1 saturated carbocycles. The van der Waals surface area contributed by atoms with Crippen LogP contribution < -0.4 is 0 Å². The molecule has 1 aliphatic carbocycles. The molecule has 1 aromatic heterocycles. The molecule has 1 aliphatic rings. The number of carbonyl (C=O) groups excluding carboxylic acids is 1. The number of nitrogens with zero attached hydrogens (tertiary/aromatic N) is 1. The number of carbonyl (C=O) groups is 2. The minimum absolute atomic E-state index is 0.0880. The minimum Gasteiger partial charge on any atom is -0.477 e. The highest BCUT2D eigenvalue weighted by molar-refractivity contribution is 7.99. The van der Waals surface area contributed by atoms with Crippen molar-refractivity contribution in [1.82, 2.24) is 4.57 Å². The number of thioether (sulfide) groups is 1. The van der Waals surface area contributed by atoms with Gasteiger partial charge >= 0.3 is 5.97 Å². The fraction of sp³-hybridized carbons (Fsp3) is 0.538. The average Bonchev–Trinajstić information content (AvgIpc) is 2.94. The Kier molecular flexibility index (Phi) is 3.80. The molecule has 2 atom stereocenters. The summed E-state index contributed by atoms with van der Waals surface area (Å²) < 4.78 is 1.78. The van der Waals surface area contributed by atoms with Crippen LogP contribution in [0.5, 0.6) is 0 Å². The monoisotopic (exact) mass is 267 g/mol. The number of aromatic nitrogens is 1. The second-order valence-electron chi connectivity index (χ2n) is 4.66. The van der Waals surface area contributed by atoms with Crippen molar-refractivity contribution in [3.05, 3.63) is 23.5 Å². The highest BCUT2D eigenvalue weighted by atomic mass is 32.2. The van der Waals surface area contributed by atoms with Gasteiger partial charge in [0.05, 0.1) is 0 Å². The summed E-state index contributed by atoms with van der Waals surface area (Å²) in [6.45, 7) is 1.46. The third kappa shape index (κ3) is 2.32. The number of hydrogen-bond acceptors (Lipinski definition) is 3. The first-order valence-electron chi connectivity index (χ1n) is 6.03. The molecule has 0 bridgehead atoms. The molecule has 0 amide bonds. The van der Waals surface area contributed by atoms with E-state index in [0.717, 1.165) is 19.3 Å². The molecule has 98 valence electrons. The SMILES string of the molecule is CSC1CCCC1n1cc(C(C)=O)cc1C(=O)O. The van der Waals surface area contributed by atoms with Gasteiger partial charge in [-0.3, -0.25) is 4.79 Å². The van der Waals surface area contributed by atoms with Gasteiger partial charge in [-0.2, -0.15) is 11.8 Å². The van der Waals surface area contributed by atoms with Crippen LogP contribution in [0.4, 0.5) is 0 Å². The van der Waals surface area contributed by atoms with E-state index in [1.165, 1.54) is 13.0 Å². The lowest BCUT2D eigenvalue weighted by molar-refractivity contribution is 0.0682. The van der Waals surface area contributed by atoms with Crippen LogP contribution in [0, 0.1) is 0 Å². The maximum absolute atomic E-state index is 11.4. The van der Waals surface area contributed by atoms with Gasteiger partial charge in [0.1, 0.15) is 5.69 Å². The molecule has 4 nitrogen and oxygen atoms in total. The second kappa shape index (κ2) is 5.18. The summed E-state index contributed by atoms with van der Waals surface area (Å²) in [5, 5.41) is 9.68. The van der Waals surface area contributed by atoms with E-state index in [9.17, 15) is 14.7 Å². The Labute approximate surface area is 110 Å². The van der Waals surface area contributed by atoms with Crippen LogP contribution in [-0.2, 0) is 0 Å². The molecule has 0 saturated heterocycles. The molecule has 2 unspecified atom stereocenters. The Hall–Kier alpha value is -1.23. The smallest absolute Gasteiger partial charge is 0.352 e. The molecule has 1 fully saturated rings. The number of carboxylic acid groups (broad SMARTS) is 1. The number of ketones is 1. The van der Waals surface area contributed by atoms with Gasteiger partial charge < -0.3 is 9.67 Å². The van der Waals surface area contributed by atoms with Gasteiger partial charge in [-0.05, 0) is 32.1 Å². The van der Waals surface area contributed by atoms with Gasteiger partial charge in [-0.15, -0.1) is 0 Å². The van der Waals surface area contributed by atoms with E-state index in [1.807, 2.05) is 0 Å². The Morgan fingerprint density at radius 1 is 1.44 bits per heavy atom. The van der Waals surface area contributed by atoms with E-state index >= 15 is 0 Å². The first kappa shape index (κ1) is 13.2. The zero-order valence-corrected chi connectivity index (χ0v) is 11.4. The summed E-state index contributed by atoms with van der Waals surface area (Å²) in [6, 6.07) is 1.68. The molecule has 18 heavy (non-hydrogen) atoms. The van der Waals surface area contributed by atoms with E-state index in [2.05, 4.69) is 6.26 Å². The Morgan fingerprint density at radius 3 is 2.72 bits per heavy atom. The number of hydrogen-bond donors (Lipinski definition) is 1. The predicted octanol–water partition coefficient (Wildman–Crippen LogP) is 2.85. The first-order valence-corrected chi connectivity index (χ1v) is 7.32. The molecule has 0 aliphatic heterocycles. The second-order valence-corrected chi connectivity index (χ2v) is 5.73. The third-order valence-corrected chi connectivity index (χ3v) is 4.71. The number of carboxylic acids is 1. The van der Waals surface area contributed by atoms with E-state index in [4.69, 9.17) is 0 Å². The van der Waals surface area contributed by atoms with Crippen molar-refractivity contribution < 1.29 is 14.7 Å². The standard InChI is InChI=1S/C13H17NO3S/c1-8(15)9-6-11(13(16)17)14(7-9)10-4-3-5-12(10)18-2/h6-7,10,12H,3-5H2,1-2H3,(H,16,17). The number of rotatable bonds is 4. The number of aromatic carboxylic acids is 1. The van der Waals surface area contributed by atoms with Gasteiger partial charge in [-0.25, -0.2) is 4.79 Å². The van der Waals surface area contributed by atoms with Crippen LogP contribution in [0.1, 0.15) is 53.1 Å². The zero-order chi connectivity index (χ0) is 13.3. The van der Waals surface area contributed by atoms with Crippen LogP contribution in [0.2, 0.25) is 0 Å². The average molecular weight is 267 g/mol. The van der Waals surface area contributed by atoms with E-state index in [-0.39, 0.29) is 17.5 Å². The fourth-order valence-electron chi connectivity index (χ4n) is 2.62. The highest BCUT2D eigenvalue weighted by Crippen LogP contribution is 2.38. The number of Topliss-reactive ketones (excluding diaryl/α,β-unsaturated/α-hetero) is 1. The zero-order valence-electron chi connectivity index (χ0n) is 10.5. The lowest BCUT2D eigenvalue weighted by atomic mass is 10.2. The Balaban J connectivity index is 2.42. The topological polar surface area (TPSA) is 59.3 Å². The maximum atomic E-state index is 11.4. The summed E-state index contributed by atoms with van der Waals surface area (Å²) in [5.41, 5.74) is 0.713. The van der Waals surface area contributed by atoms with Crippen molar-refractivity contribution in [3.63, 3.8) is 0 Å². The van der Waals surface area contributed by atoms with E-state index in [1.54, 1.807) is 22.5 Å². The van der Waals surface area contributed by atoms with Gasteiger partial charge in [0.25, 0.3) is 0 Å². The van der Waals surface area contributed by atoms with Crippen molar-refractivity contribution in [2.75, 3.05) is 6.26 Å². The van der Waals surface area contributed by atoms with Gasteiger partial charge in [0.15, 0.2) is 5.78 Å². The molecule has 0 spiro atoms. The molecular formula is C13H17NO3S. The molecule has 0 aromatic carbocycles. The van der Waals surface area contributed by atoms with Crippen LogP contribution in [0.25, 0.3) is 0 Å². The van der Waals surface area contributed by atoms with Crippen molar-refractivity contribution in [3.8, 4) is 0 Å². The van der Waals surface area contributed by atoms with Gasteiger partial charge in [0, 0.05) is 23.1 Å². The van der Waals surface area contributed by atoms with E-state index < -0.39 is 5.97 Å². The molecule has 5 heteroatoms. The van der Waals surface area contributed by atoms with Crippen LogP contribution in [-0.4, -0.2) is 32.9 Å². The summed E-state index contributed by atoms with van der Waals surface area (Å²) in [4.78, 5) is 22.7. The predicted molar refractivity (Wildman–Crippen MR) is 71.6 cm³/mol. The summed E-state index contributed by atoms with van der Waals surface area (Å²) in [6.07, 6.45) is 6.96. The molecule has 1 aromatic rings. The highest BCUT2D eigenvalue weighted by Gasteiger charge is 2.31. The summed E-state index contributed by atoms with van der Waals surface area (Å²) in [5.74, 6) is -1.05. The molecule has 0 radical (unpaired) electrons. The largest absolute Gasteiger partial charge is 0.477 e. The molecule has 2 rings (SSSR count). The van der Waals surface area contributed by atoms with Gasteiger partial charge in [0.2, 0.25) is 0 Å². The van der Waals surface area contributed by atoms with Crippen molar-refractivity contribution >= 4 is 23.5 Å². The van der Waals surface area contributed by atoms with Crippen molar-refractivity contribution in [2.24, 2.45) is 0 Å². The maximum Gasteiger partial charge on any atom is 0.352 e. The van der Waals surface area contributed by atoms with Crippen LogP contribution in [0.3, 0.4) is 0 Å².